The number of nitrogen functional groups attached to an aromatic ring is 1. The number of carbonyl (C=O) groups excluding carboxylic acids is 1. The van der Waals surface area contributed by atoms with Crippen LogP contribution in [0.1, 0.15) is 38.5 Å². The summed E-state index contributed by atoms with van der Waals surface area (Å²) in [6.07, 6.45) is 1.85. The lowest BCUT2D eigenvalue weighted by Gasteiger charge is -2.34. The molecule has 1 aromatic heterocycles. The van der Waals surface area contributed by atoms with Crippen molar-refractivity contribution in [2.75, 3.05) is 18.8 Å². The highest BCUT2D eigenvalue weighted by Gasteiger charge is 2.27. The Morgan fingerprint density at radius 2 is 2.33 bits per heavy atom. The van der Waals surface area contributed by atoms with Gasteiger partial charge < -0.3 is 20.7 Å². The Bertz CT molecular complexity index is 482. The second kappa shape index (κ2) is 6.66. The van der Waals surface area contributed by atoms with Crippen molar-refractivity contribution >= 4 is 23.1 Å². The number of nitrogens with one attached hydrogen (secondary N) is 1. The summed E-state index contributed by atoms with van der Waals surface area (Å²) in [4.78, 5) is 15.1. The van der Waals surface area contributed by atoms with Crippen molar-refractivity contribution in [2.45, 2.75) is 51.8 Å². The van der Waals surface area contributed by atoms with Gasteiger partial charge in [0.15, 0.2) is 0 Å². The van der Waals surface area contributed by atoms with Gasteiger partial charge in [-0.3, -0.25) is 0 Å². The minimum absolute atomic E-state index is 0.218. The van der Waals surface area contributed by atoms with E-state index in [2.05, 4.69) is 5.32 Å². The lowest BCUT2D eigenvalue weighted by Crippen LogP contribution is -2.49. The standard InChI is InChI=1S/C15H25N3O2S/c1-15(2,3)20-14(19)18-7-4-5-11(10-18)17-9-13-12(16)6-8-21-13/h6,8,11,17H,4-5,7,9-10,16H2,1-3H3. The maximum Gasteiger partial charge on any atom is 0.410 e. The zero-order valence-corrected chi connectivity index (χ0v) is 13.8. The van der Waals surface area contributed by atoms with Gasteiger partial charge in [-0.25, -0.2) is 4.79 Å². The maximum atomic E-state index is 12.1. The number of hydrogen-bond donors (Lipinski definition) is 2. The summed E-state index contributed by atoms with van der Waals surface area (Å²) in [6.45, 7) is 7.91. The third-order valence-corrected chi connectivity index (χ3v) is 4.34. The molecule has 21 heavy (non-hydrogen) atoms. The van der Waals surface area contributed by atoms with E-state index in [1.165, 1.54) is 0 Å². The first-order chi connectivity index (χ1) is 9.85. The Morgan fingerprint density at radius 1 is 1.57 bits per heavy atom. The van der Waals surface area contributed by atoms with Gasteiger partial charge in [0.1, 0.15) is 5.60 Å². The molecular formula is C15H25N3O2S. The first-order valence-electron chi connectivity index (χ1n) is 7.38. The van der Waals surface area contributed by atoms with Crippen LogP contribution in [0.3, 0.4) is 0 Å². The zero-order valence-electron chi connectivity index (χ0n) is 13.0. The number of thiophene rings is 1. The van der Waals surface area contributed by atoms with Gasteiger partial charge in [-0.2, -0.15) is 0 Å². The molecule has 1 aromatic rings. The highest BCUT2D eigenvalue weighted by atomic mass is 32.1. The lowest BCUT2D eigenvalue weighted by atomic mass is 10.1. The van der Waals surface area contributed by atoms with Crippen LogP contribution in [0, 0.1) is 0 Å². The van der Waals surface area contributed by atoms with Gasteiger partial charge in [0.2, 0.25) is 0 Å². The number of nitrogens with zero attached hydrogens (tertiary/aromatic N) is 1. The van der Waals surface area contributed by atoms with Crippen molar-refractivity contribution in [3.8, 4) is 0 Å². The van der Waals surface area contributed by atoms with Crippen LogP contribution in [0.15, 0.2) is 11.4 Å². The number of nitrogens with two attached hydrogens (primary N) is 1. The first-order valence-corrected chi connectivity index (χ1v) is 8.26. The predicted molar refractivity (Wildman–Crippen MR) is 86.4 cm³/mol. The average Bonchev–Trinajstić information content (AvgIpc) is 2.80. The lowest BCUT2D eigenvalue weighted by molar-refractivity contribution is 0.0187. The van der Waals surface area contributed by atoms with Crippen LogP contribution in [-0.4, -0.2) is 35.7 Å². The van der Waals surface area contributed by atoms with Crippen molar-refractivity contribution in [1.82, 2.24) is 10.2 Å². The first kappa shape index (κ1) is 16.1. The molecule has 2 rings (SSSR count). The van der Waals surface area contributed by atoms with Crippen molar-refractivity contribution in [3.05, 3.63) is 16.3 Å². The largest absolute Gasteiger partial charge is 0.444 e. The molecule has 1 fully saturated rings. The van der Waals surface area contributed by atoms with E-state index in [-0.39, 0.29) is 6.09 Å². The molecule has 1 aliphatic rings. The highest BCUT2D eigenvalue weighted by molar-refractivity contribution is 7.10. The highest BCUT2D eigenvalue weighted by Crippen LogP contribution is 2.20. The minimum atomic E-state index is -0.442. The Morgan fingerprint density at radius 3 is 2.95 bits per heavy atom. The van der Waals surface area contributed by atoms with Crippen molar-refractivity contribution in [1.29, 1.82) is 0 Å². The molecule has 1 unspecified atom stereocenters. The van der Waals surface area contributed by atoms with E-state index >= 15 is 0 Å². The molecule has 3 N–H and O–H groups in total. The zero-order chi connectivity index (χ0) is 15.5. The van der Waals surface area contributed by atoms with E-state index in [1.807, 2.05) is 32.2 Å². The summed E-state index contributed by atoms with van der Waals surface area (Å²) in [5, 5.41) is 5.49. The molecule has 1 saturated heterocycles. The van der Waals surface area contributed by atoms with Crippen LogP contribution in [0.5, 0.6) is 0 Å². The van der Waals surface area contributed by atoms with E-state index < -0.39 is 5.60 Å². The number of amides is 1. The van der Waals surface area contributed by atoms with E-state index in [1.54, 1.807) is 16.2 Å². The fourth-order valence-electron chi connectivity index (χ4n) is 2.37. The van der Waals surface area contributed by atoms with E-state index in [0.717, 1.165) is 36.5 Å². The molecule has 1 aliphatic heterocycles. The third-order valence-electron chi connectivity index (χ3n) is 3.40. The van der Waals surface area contributed by atoms with E-state index in [4.69, 9.17) is 10.5 Å². The summed E-state index contributed by atoms with van der Waals surface area (Å²) in [5.41, 5.74) is 6.29. The average molecular weight is 311 g/mol. The number of likely N-dealkylation sites (tertiary alicyclic amines) is 1. The Kier molecular flexibility index (Phi) is 5.11. The van der Waals surface area contributed by atoms with Gasteiger partial charge in [0.05, 0.1) is 0 Å². The Balaban J connectivity index is 1.83. The van der Waals surface area contributed by atoms with Crippen molar-refractivity contribution in [2.24, 2.45) is 0 Å². The summed E-state index contributed by atoms with van der Waals surface area (Å²) in [7, 11) is 0. The van der Waals surface area contributed by atoms with Crippen LogP contribution in [-0.2, 0) is 11.3 Å². The smallest absolute Gasteiger partial charge is 0.410 e. The number of carbonyl (C=O) groups is 1. The topological polar surface area (TPSA) is 67.6 Å². The van der Waals surface area contributed by atoms with Crippen molar-refractivity contribution in [3.63, 3.8) is 0 Å². The molecule has 118 valence electrons. The molecule has 0 spiro atoms. The number of rotatable bonds is 3. The summed E-state index contributed by atoms with van der Waals surface area (Å²) in [6, 6.07) is 2.23. The third kappa shape index (κ3) is 4.89. The molecule has 0 radical (unpaired) electrons. The Hall–Kier alpha value is -1.27. The fraction of sp³-hybridized carbons (Fsp3) is 0.667. The van der Waals surface area contributed by atoms with Crippen LogP contribution >= 0.6 is 11.3 Å². The van der Waals surface area contributed by atoms with Gasteiger partial charge in [-0.1, -0.05) is 0 Å². The molecule has 6 heteroatoms. The molecule has 1 atom stereocenters. The van der Waals surface area contributed by atoms with E-state index in [0.29, 0.717) is 12.6 Å². The monoisotopic (exact) mass is 311 g/mol. The van der Waals surface area contributed by atoms with Gasteiger partial charge >= 0.3 is 6.09 Å². The molecule has 0 saturated carbocycles. The minimum Gasteiger partial charge on any atom is -0.444 e. The number of anilines is 1. The van der Waals surface area contributed by atoms with Crippen LogP contribution in [0.2, 0.25) is 0 Å². The van der Waals surface area contributed by atoms with Crippen molar-refractivity contribution < 1.29 is 9.53 Å². The fourth-order valence-corrected chi connectivity index (χ4v) is 3.12. The van der Waals surface area contributed by atoms with Gasteiger partial charge in [0.25, 0.3) is 0 Å². The number of hydrogen-bond acceptors (Lipinski definition) is 5. The summed E-state index contributed by atoms with van der Waals surface area (Å²) >= 11 is 1.66. The molecule has 2 heterocycles. The quantitative estimate of drug-likeness (QED) is 0.901. The molecule has 0 bridgehead atoms. The second-order valence-corrected chi connectivity index (χ2v) is 7.45. The second-order valence-electron chi connectivity index (χ2n) is 6.45. The van der Waals surface area contributed by atoms with Crippen LogP contribution < -0.4 is 11.1 Å². The normalized spacial score (nSPS) is 19.6. The predicted octanol–water partition coefficient (Wildman–Crippen LogP) is 2.82. The Labute approximate surface area is 130 Å². The van der Waals surface area contributed by atoms with Gasteiger partial charge in [0, 0.05) is 36.2 Å². The molecule has 1 amide bonds. The molecule has 5 nitrogen and oxygen atoms in total. The van der Waals surface area contributed by atoms with Gasteiger partial charge in [-0.15, -0.1) is 11.3 Å². The maximum absolute atomic E-state index is 12.1. The summed E-state index contributed by atoms with van der Waals surface area (Å²) in [5.74, 6) is 0. The molecular weight excluding hydrogens is 286 g/mol. The van der Waals surface area contributed by atoms with Crippen LogP contribution in [0.25, 0.3) is 0 Å². The SMILES string of the molecule is CC(C)(C)OC(=O)N1CCCC(NCc2sccc2N)C1. The molecule has 0 aromatic carbocycles. The summed E-state index contributed by atoms with van der Waals surface area (Å²) < 4.78 is 5.44. The number of ether oxygens (including phenoxy) is 1. The van der Waals surface area contributed by atoms with Crippen LogP contribution in [0.4, 0.5) is 10.5 Å². The number of piperidine rings is 1. The van der Waals surface area contributed by atoms with E-state index in [9.17, 15) is 4.79 Å². The van der Waals surface area contributed by atoms with Gasteiger partial charge in [-0.05, 0) is 45.1 Å². The molecule has 0 aliphatic carbocycles.